The second-order valence-electron chi connectivity index (χ2n) is 5.05. The van der Waals surface area contributed by atoms with Crippen molar-refractivity contribution in [1.82, 2.24) is 9.97 Å². The van der Waals surface area contributed by atoms with Crippen LogP contribution in [0.4, 0.5) is 11.5 Å². The van der Waals surface area contributed by atoms with Gasteiger partial charge in [0.05, 0.1) is 10.0 Å². The number of rotatable bonds is 4. The van der Waals surface area contributed by atoms with Gasteiger partial charge in [0.15, 0.2) is 5.75 Å². The van der Waals surface area contributed by atoms with E-state index in [9.17, 15) is 5.11 Å². The number of benzene rings is 1. The average Bonchev–Trinajstić information content (AvgIpc) is 3.19. The van der Waals surface area contributed by atoms with E-state index in [1.807, 2.05) is 0 Å². The number of phenols is 1. The fourth-order valence-electron chi connectivity index (χ4n) is 1.99. The molecule has 0 radical (unpaired) electrons. The van der Waals surface area contributed by atoms with Crippen molar-refractivity contribution in [2.75, 3.05) is 5.32 Å². The van der Waals surface area contributed by atoms with Crippen molar-refractivity contribution in [3.8, 4) is 5.75 Å². The Morgan fingerprint density at radius 3 is 2.38 bits per heavy atom. The third-order valence-corrected chi connectivity index (χ3v) is 3.97. The van der Waals surface area contributed by atoms with Gasteiger partial charge in [-0.3, -0.25) is 0 Å². The molecule has 4 nitrogen and oxygen atoms in total. The predicted octanol–water partition coefficient (Wildman–Crippen LogP) is 4.84. The first kappa shape index (κ1) is 14.7. The first-order chi connectivity index (χ1) is 10.0. The van der Waals surface area contributed by atoms with Crippen LogP contribution in [0.5, 0.6) is 5.75 Å². The molecule has 0 amide bonds. The van der Waals surface area contributed by atoms with Gasteiger partial charge in [-0.25, -0.2) is 9.97 Å². The van der Waals surface area contributed by atoms with E-state index in [4.69, 9.17) is 34.8 Å². The van der Waals surface area contributed by atoms with Crippen LogP contribution in [0.2, 0.25) is 15.2 Å². The Balaban J connectivity index is 1.85. The molecule has 1 aliphatic rings. The van der Waals surface area contributed by atoms with Crippen LogP contribution in [-0.2, 0) is 6.42 Å². The van der Waals surface area contributed by atoms with Crippen LogP contribution >= 0.6 is 34.8 Å². The van der Waals surface area contributed by atoms with Crippen molar-refractivity contribution in [3.05, 3.63) is 39.2 Å². The molecule has 1 saturated carbocycles. The summed E-state index contributed by atoms with van der Waals surface area (Å²) in [6.45, 7) is 0. The van der Waals surface area contributed by atoms with Crippen LogP contribution in [0, 0.1) is 5.92 Å². The van der Waals surface area contributed by atoms with E-state index in [0.29, 0.717) is 22.6 Å². The van der Waals surface area contributed by atoms with Crippen LogP contribution in [0.1, 0.15) is 18.7 Å². The van der Waals surface area contributed by atoms with Crippen molar-refractivity contribution >= 4 is 46.3 Å². The van der Waals surface area contributed by atoms with Gasteiger partial charge in [0, 0.05) is 18.2 Å². The number of phenolic OH excluding ortho intramolecular Hbond substituents is 1. The monoisotopic (exact) mass is 343 g/mol. The Bertz CT molecular complexity index is 666. The number of aromatic nitrogens is 2. The number of anilines is 2. The Morgan fingerprint density at radius 2 is 1.76 bits per heavy atom. The molecule has 0 saturated heterocycles. The molecular formula is C14H12Cl3N3O. The van der Waals surface area contributed by atoms with E-state index < -0.39 is 0 Å². The van der Waals surface area contributed by atoms with Crippen LogP contribution < -0.4 is 5.32 Å². The highest BCUT2D eigenvalue weighted by molar-refractivity contribution is 6.37. The van der Waals surface area contributed by atoms with Gasteiger partial charge in [-0.05, 0) is 30.9 Å². The zero-order valence-electron chi connectivity index (χ0n) is 10.9. The molecule has 1 aromatic heterocycles. The lowest BCUT2D eigenvalue weighted by Gasteiger charge is -2.09. The number of aromatic hydroxyl groups is 1. The molecule has 1 fully saturated rings. The third-order valence-electron chi connectivity index (χ3n) is 3.20. The van der Waals surface area contributed by atoms with E-state index in [1.54, 1.807) is 18.2 Å². The molecule has 0 aliphatic heterocycles. The maximum Gasteiger partial charge on any atom is 0.152 e. The molecule has 0 spiro atoms. The number of nitrogens with zero attached hydrogens (tertiary/aromatic N) is 2. The first-order valence-corrected chi connectivity index (χ1v) is 7.63. The van der Waals surface area contributed by atoms with Crippen molar-refractivity contribution in [2.24, 2.45) is 5.92 Å². The van der Waals surface area contributed by atoms with Gasteiger partial charge in [-0.15, -0.1) is 0 Å². The summed E-state index contributed by atoms with van der Waals surface area (Å²) in [5, 5.41) is 13.4. The highest BCUT2D eigenvalue weighted by atomic mass is 35.5. The van der Waals surface area contributed by atoms with Gasteiger partial charge in [-0.1, -0.05) is 34.8 Å². The molecular weight excluding hydrogens is 333 g/mol. The highest BCUT2D eigenvalue weighted by Crippen LogP contribution is 2.36. The molecule has 3 rings (SSSR count). The van der Waals surface area contributed by atoms with Crippen molar-refractivity contribution in [2.45, 2.75) is 19.3 Å². The normalized spacial score (nSPS) is 14.2. The first-order valence-electron chi connectivity index (χ1n) is 6.50. The summed E-state index contributed by atoms with van der Waals surface area (Å²) in [7, 11) is 0. The van der Waals surface area contributed by atoms with Gasteiger partial charge in [0.25, 0.3) is 0 Å². The lowest BCUT2D eigenvalue weighted by Crippen LogP contribution is -2.01. The van der Waals surface area contributed by atoms with Gasteiger partial charge >= 0.3 is 0 Å². The second-order valence-corrected chi connectivity index (χ2v) is 6.25. The number of hydrogen-bond acceptors (Lipinski definition) is 4. The molecule has 1 aromatic carbocycles. The average molecular weight is 345 g/mol. The lowest BCUT2D eigenvalue weighted by atomic mass is 10.2. The van der Waals surface area contributed by atoms with Crippen molar-refractivity contribution in [3.63, 3.8) is 0 Å². The third kappa shape index (κ3) is 3.70. The molecule has 1 aliphatic carbocycles. The summed E-state index contributed by atoms with van der Waals surface area (Å²) in [6.07, 6.45) is 3.29. The summed E-state index contributed by atoms with van der Waals surface area (Å²) < 4.78 is 0. The minimum Gasteiger partial charge on any atom is -0.505 e. The summed E-state index contributed by atoms with van der Waals surface area (Å²) in [5.41, 5.74) is 0.620. The summed E-state index contributed by atoms with van der Waals surface area (Å²) in [6, 6.07) is 4.77. The Labute approximate surface area is 137 Å². The molecule has 7 heteroatoms. The quantitative estimate of drug-likeness (QED) is 0.615. The molecule has 0 atom stereocenters. The predicted molar refractivity (Wildman–Crippen MR) is 84.9 cm³/mol. The number of halogens is 3. The van der Waals surface area contributed by atoms with Crippen LogP contribution in [0.25, 0.3) is 0 Å². The standard InChI is InChI=1S/C14H12Cl3N3O/c15-9-4-8(5-10(16)14(9)21)18-13-6-11(17)19-12(20-13)3-7-1-2-7/h4-7,21H,1-3H2,(H,18,19,20). The molecule has 21 heavy (non-hydrogen) atoms. The molecule has 110 valence electrons. The topological polar surface area (TPSA) is 58.0 Å². The van der Waals surface area contributed by atoms with Gasteiger partial charge in [0.2, 0.25) is 0 Å². The maximum atomic E-state index is 9.55. The van der Waals surface area contributed by atoms with Crippen molar-refractivity contribution < 1.29 is 5.11 Å². The van der Waals surface area contributed by atoms with Gasteiger partial charge < -0.3 is 10.4 Å². The molecule has 2 aromatic rings. The summed E-state index contributed by atoms with van der Waals surface area (Å²) in [4.78, 5) is 8.66. The number of hydrogen-bond donors (Lipinski definition) is 2. The smallest absolute Gasteiger partial charge is 0.152 e. The summed E-state index contributed by atoms with van der Waals surface area (Å²) in [5.74, 6) is 1.83. The zero-order chi connectivity index (χ0) is 15.0. The zero-order valence-corrected chi connectivity index (χ0v) is 13.2. The molecule has 1 heterocycles. The minimum absolute atomic E-state index is 0.140. The highest BCUT2D eigenvalue weighted by Gasteiger charge is 2.23. The molecule has 0 unspecified atom stereocenters. The fourth-order valence-corrected chi connectivity index (χ4v) is 2.67. The second kappa shape index (κ2) is 5.87. The fraction of sp³-hybridized carbons (Fsp3) is 0.286. The summed E-state index contributed by atoms with van der Waals surface area (Å²) >= 11 is 17.8. The number of nitrogens with one attached hydrogen (secondary N) is 1. The molecule has 2 N–H and O–H groups in total. The van der Waals surface area contributed by atoms with E-state index >= 15 is 0 Å². The molecule has 0 bridgehead atoms. The van der Waals surface area contributed by atoms with E-state index in [-0.39, 0.29) is 15.8 Å². The van der Waals surface area contributed by atoms with Crippen molar-refractivity contribution in [1.29, 1.82) is 0 Å². The van der Waals surface area contributed by atoms with E-state index in [2.05, 4.69) is 15.3 Å². The van der Waals surface area contributed by atoms with Crippen LogP contribution in [0.3, 0.4) is 0 Å². The Hall–Kier alpha value is -1.23. The largest absolute Gasteiger partial charge is 0.505 e. The SMILES string of the molecule is Oc1c(Cl)cc(Nc2cc(Cl)nc(CC3CC3)n2)cc1Cl. The Morgan fingerprint density at radius 1 is 1.10 bits per heavy atom. The minimum atomic E-state index is -0.140. The Kier molecular flexibility index (Phi) is 4.11. The lowest BCUT2D eigenvalue weighted by molar-refractivity contribution is 0.476. The van der Waals surface area contributed by atoms with E-state index in [1.165, 1.54) is 12.8 Å². The van der Waals surface area contributed by atoms with Gasteiger partial charge in [-0.2, -0.15) is 0 Å². The van der Waals surface area contributed by atoms with E-state index in [0.717, 1.165) is 12.2 Å². The van der Waals surface area contributed by atoms with Gasteiger partial charge in [0.1, 0.15) is 16.8 Å². The maximum absolute atomic E-state index is 9.55. The van der Waals surface area contributed by atoms with Crippen LogP contribution in [0.15, 0.2) is 18.2 Å². The van der Waals surface area contributed by atoms with Crippen LogP contribution in [-0.4, -0.2) is 15.1 Å².